The summed E-state index contributed by atoms with van der Waals surface area (Å²) in [4.78, 5) is 37.9. The van der Waals surface area contributed by atoms with Crippen LogP contribution in [0.5, 0.6) is 5.95 Å². The van der Waals surface area contributed by atoms with E-state index >= 15 is 0 Å². The molecule has 1 aliphatic heterocycles. The lowest BCUT2D eigenvalue weighted by Crippen LogP contribution is -2.46. The van der Waals surface area contributed by atoms with Crippen LogP contribution < -0.4 is 4.74 Å². The number of esters is 3. The molecule has 8 nitrogen and oxygen atoms in total. The maximum atomic E-state index is 11.7. The van der Waals surface area contributed by atoms with Gasteiger partial charge in [-0.3, -0.25) is 14.4 Å². The third kappa shape index (κ3) is 3.68. The third-order valence-electron chi connectivity index (χ3n) is 2.36. The van der Waals surface area contributed by atoms with Gasteiger partial charge in [-0.2, -0.15) is 0 Å². The first-order valence-electron chi connectivity index (χ1n) is 6.05. The topological polar surface area (TPSA) is 104 Å². The van der Waals surface area contributed by atoms with Crippen molar-refractivity contribution >= 4 is 30.0 Å². The van der Waals surface area contributed by atoms with Crippen LogP contribution in [0.25, 0.3) is 0 Å². The molecule has 0 aromatic carbocycles. The monoisotopic (exact) mass is 295 g/mol. The number of cyclic esters (lactones) is 2. The number of rotatable bonds is 3. The SMILES string of the molecule is CC(=O)Oc1ccc(/N=C/C2C(=O)OC(C)(C)OC2=O)o1. The number of nitrogens with zero attached hydrogens (tertiary/aromatic N) is 1. The van der Waals surface area contributed by atoms with E-state index in [2.05, 4.69) is 4.99 Å². The number of ether oxygens (including phenoxy) is 3. The summed E-state index contributed by atoms with van der Waals surface area (Å²) in [6.45, 7) is 4.13. The molecular formula is C13H13NO7. The van der Waals surface area contributed by atoms with Crippen LogP contribution in [-0.2, 0) is 23.9 Å². The predicted molar refractivity (Wildman–Crippen MR) is 67.9 cm³/mol. The summed E-state index contributed by atoms with van der Waals surface area (Å²) < 4.78 is 19.6. The van der Waals surface area contributed by atoms with Crippen molar-refractivity contribution in [2.75, 3.05) is 0 Å². The highest BCUT2D eigenvalue weighted by molar-refractivity contribution is 6.10. The van der Waals surface area contributed by atoms with E-state index in [0.717, 1.165) is 6.21 Å². The van der Waals surface area contributed by atoms with Crippen LogP contribution in [0.15, 0.2) is 21.5 Å². The number of furan rings is 1. The second-order valence-corrected chi connectivity index (χ2v) is 4.68. The Kier molecular flexibility index (Phi) is 3.79. The molecule has 112 valence electrons. The van der Waals surface area contributed by atoms with Gasteiger partial charge in [-0.25, -0.2) is 4.99 Å². The van der Waals surface area contributed by atoms with Gasteiger partial charge in [0, 0.05) is 39.1 Å². The van der Waals surface area contributed by atoms with E-state index in [0.29, 0.717) is 0 Å². The quantitative estimate of drug-likeness (QED) is 0.471. The Morgan fingerprint density at radius 2 is 1.90 bits per heavy atom. The fourth-order valence-corrected chi connectivity index (χ4v) is 1.57. The minimum atomic E-state index is -1.29. The maximum absolute atomic E-state index is 11.7. The average molecular weight is 295 g/mol. The molecule has 0 amide bonds. The van der Waals surface area contributed by atoms with Crippen LogP contribution in [0.4, 0.5) is 5.88 Å². The lowest BCUT2D eigenvalue weighted by atomic mass is 10.1. The van der Waals surface area contributed by atoms with Crippen LogP contribution >= 0.6 is 0 Å². The number of carbonyl (C=O) groups excluding carboxylic acids is 3. The van der Waals surface area contributed by atoms with E-state index in [9.17, 15) is 14.4 Å². The first-order chi connectivity index (χ1) is 9.77. The molecule has 0 saturated carbocycles. The Morgan fingerprint density at radius 3 is 2.48 bits per heavy atom. The molecule has 0 radical (unpaired) electrons. The van der Waals surface area contributed by atoms with Crippen LogP contribution in [-0.4, -0.2) is 29.9 Å². The fourth-order valence-electron chi connectivity index (χ4n) is 1.57. The number of hydrogen-bond acceptors (Lipinski definition) is 8. The van der Waals surface area contributed by atoms with Crippen molar-refractivity contribution in [2.45, 2.75) is 26.6 Å². The number of aliphatic imine (C=N–C) groups is 1. The molecule has 1 fully saturated rings. The van der Waals surface area contributed by atoms with Crippen molar-refractivity contribution in [3.63, 3.8) is 0 Å². The standard InChI is InChI=1S/C13H13NO7/c1-7(15)18-10-5-4-9(19-10)14-6-8-11(16)20-13(2,3)21-12(8)17/h4-6,8H,1-3H3/b14-6+. The van der Waals surface area contributed by atoms with E-state index in [1.54, 1.807) is 0 Å². The highest BCUT2D eigenvalue weighted by Gasteiger charge is 2.42. The molecule has 0 aliphatic carbocycles. The molecule has 1 saturated heterocycles. The van der Waals surface area contributed by atoms with E-state index in [1.165, 1.54) is 32.9 Å². The molecule has 8 heteroatoms. The van der Waals surface area contributed by atoms with Crippen LogP contribution in [0.2, 0.25) is 0 Å². The summed E-state index contributed by atoms with van der Waals surface area (Å²) >= 11 is 0. The van der Waals surface area contributed by atoms with E-state index in [-0.39, 0.29) is 11.8 Å². The van der Waals surface area contributed by atoms with Crippen LogP contribution in [0, 0.1) is 5.92 Å². The highest BCUT2D eigenvalue weighted by Crippen LogP contribution is 2.25. The van der Waals surface area contributed by atoms with Gasteiger partial charge in [0.1, 0.15) is 0 Å². The van der Waals surface area contributed by atoms with Crippen molar-refractivity contribution < 1.29 is 33.0 Å². The number of hydrogen-bond donors (Lipinski definition) is 0. The fraction of sp³-hybridized carbons (Fsp3) is 0.385. The van der Waals surface area contributed by atoms with Gasteiger partial charge >= 0.3 is 17.9 Å². The van der Waals surface area contributed by atoms with Crippen molar-refractivity contribution in [3.05, 3.63) is 12.1 Å². The molecule has 0 spiro atoms. The van der Waals surface area contributed by atoms with Gasteiger partial charge in [0.2, 0.25) is 5.88 Å². The molecular weight excluding hydrogens is 282 g/mol. The molecule has 0 atom stereocenters. The Balaban J connectivity index is 2.07. The van der Waals surface area contributed by atoms with E-state index < -0.39 is 29.6 Å². The smallest absolute Gasteiger partial charge is 0.329 e. The minimum Gasteiger partial charge on any atom is -0.422 e. The Labute approximate surface area is 119 Å². The van der Waals surface area contributed by atoms with Gasteiger partial charge in [0.25, 0.3) is 11.7 Å². The molecule has 0 unspecified atom stereocenters. The van der Waals surface area contributed by atoms with Gasteiger partial charge in [-0.1, -0.05) is 0 Å². The molecule has 2 heterocycles. The zero-order valence-electron chi connectivity index (χ0n) is 11.6. The highest BCUT2D eigenvalue weighted by atomic mass is 16.7. The summed E-state index contributed by atoms with van der Waals surface area (Å²) in [7, 11) is 0. The molecule has 21 heavy (non-hydrogen) atoms. The van der Waals surface area contributed by atoms with Crippen LogP contribution in [0.1, 0.15) is 20.8 Å². The van der Waals surface area contributed by atoms with Gasteiger partial charge in [0.15, 0.2) is 5.92 Å². The molecule has 1 aromatic rings. The van der Waals surface area contributed by atoms with Crippen molar-refractivity contribution in [1.82, 2.24) is 0 Å². The first-order valence-corrected chi connectivity index (χ1v) is 6.05. The molecule has 0 bridgehead atoms. The third-order valence-corrected chi connectivity index (χ3v) is 2.36. The Hall–Kier alpha value is -2.64. The largest absolute Gasteiger partial charge is 0.422 e. The normalized spacial score (nSPS) is 18.4. The summed E-state index contributed by atoms with van der Waals surface area (Å²) in [5.41, 5.74) is 0. The zero-order chi connectivity index (χ0) is 15.6. The van der Waals surface area contributed by atoms with Crippen molar-refractivity contribution in [1.29, 1.82) is 0 Å². The maximum Gasteiger partial charge on any atom is 0.329 e. The molecule has 1 aliphatic rings. The zero-order valence-corrected chi connectivity index (χ0v) is 11.6. The Morgan fingerprint density at radius 1 is 1.29 bits per heavy atom. The van der Waals surface area contributed by atoms with Gasteiger partial charge in [0.05, 0.1) is 0 Å². The average Bonchev–Trinajstić information content (AvgIpc) is 2.73. The van der Waals surface area contributed by atoms with Crippen molar-refractivity contribution in [2.24, 2.45) is 10.9 Å². The number of carbonyl (C=O) groups is 3. The van der Waals surface area contributed by atoms with E-state index in [4.69, 9.17) is 18.6 Å². The molecule has 2 rings (SSSR count). The second-order valence-electron chi connectivity index (χ2n) is 4.68. The molecule has 0 N–H and O–H groups in total. The minimum absolute atomic E-state index is 0.0374. The summed E-state index contributed by atoms with van der Waals surface area (Å²) in [5, 5.41) is 0. The lowest BCUT2D eigenvalue weighted by Gasteiger charge is -2.31. The van der Waals surface area contributed by atoms with E-state index in [1.807, 2.05) is 0 Å². The van der Waals surface area contributed by atoms with Gasteiger partial charge < -0.3 is 18.6 Å². The summed E-state index contributed by atoms with van der Waals surface area (Å²) in [5.74, 6) is -4.58. The first kappa shape index (κ1) is 14.8. The lowest BCUT2D eigenvalue weighted by molar-refractivity contribution is -0.235. The van der Waals surface area contributed by atoms with Gasteiger partial charge in [-0.15, -0.1) is 0 Å². The summed E-state index contributed by atoms with van der Waals surface area (Å²) in [6, 6.07) is 2.80. The van der Waals surface area contributed by atoms with Crippen LogP contribution in [0.3, 0.4) is 0 Å². The summed E-state index contributed by atoms with van der Waals surface area (Å²) in [6.07, 6.45) is 1.05. The Bertz CT molecular complexity index is 594. The predicted octanol–water partition coefficient (Wildman–Crippen LogP) is 1.36. The van der Waals surface area contributed by atoms with Crippen molar-refractivity contribution in [3.8, 4) is 5.95 Å². The molecule has 1 aromatic heterocycles. The van der Waals surface area contributed by atoms with Gasteiger partial charge in [-0.05, 0) is 0 Å². The second kappa shape index (κ2) is 5.39.